The van der Waals surface area contributed by atoms with E-state index in [4.69, 9.17) is 0 Å². The number of nitrogens with one attached hydrogen (secondary N) is 1. The molecule has 1 N–H and O–H groups in total. The maximum Gasteiger partial charge on any atom is 0.393 e. The van der Waals surface area contributed by atoms with E-state index in [-0.39, 0.29) is 19.0 Å². The fraction of sp³-hybridized carbons (Fsp3) is 1.00. The lowest BCUT2D eigenvalue weighted by atomic mass is 10.1. The molecule has 1 nitrogen and oxygen atoms in total. The third-order valence-corrected chi connectivity index (χ3v) is 1.81. The highest BCUT2D eigenvalue weighted by Crippen LogP contribution is 2.32. The van der Waals surface area contributed by atoms with E-state index in [9.17, 15) is 13.2 Å². The smallest absolute Gasteiger partial charge is 0.314 e. The normalized spacial score (nSPS) is 29.5. The maximum absolute atomic E-state index is 11.9. The molecule has 4 heteroatoms. The Balaban J connectivity index is 0.000000561. The Labute approximate surface area is 71.3 Å². The summed E-state index contributed by atoms with van der Waals surface area (Å²) < 4.78 is 35.7. The summed E-state index contributed by atoms with van der Waals surface area (Å²) >= 11 is 0. The Kier molecular flexibility index (Phi) is 4.60. The van der Waals surface area contributed by atoms with Gasteiger partial charge in [0.25, 0.3) is 0 Å². The van der Waals surface area contributed by atoms with Gasteiger partial charge in [-0.1, -0.05) is 13.8 Å². The quantitative estimate of drug-likeness (QED) is 0.608. The summed E-state index contributed by atoms with van der Waals surface area (Å²) in [6.45, 7) is 5.86. The van der Waals surface area contributed by atoms with Gasteiger partial charge in [0.1, 0.15) is 0 Å². The van der Waals surface area contributed by atoms with Crippen molar-refractivity contribution < 1.29 is 13.2 Å². The molecule has 1 saturated heterocycles. The first-order valence-electron chi connectivity index (χ1n) is 4.30. The zero-order valence-electron chi connectivity index (χ0n) is 7.70. The molecule has 0 saturated carbocycles. The second-order valence-electron chi connectivity index (χ2n) is 2.78. The molecular formula is C8H16F3N. The minimum absolute atomic E-state index is 0.0200. The molecule has 0 radical (unpaired) electrons. The molecule has 1 heterocycles. The standard InChI is InChI=1S/C6H10F3N.C2H6/c1-4-2-5(3-10-4)6(7,8)9;1-2/h4-5,10H,2-3H2,1H3;1-2H3. The molecule has 12 heavy (non-hydrogen) atoms. The van der Waals surface area contributed by atoms with E-state index in [1.807, 2.05) is 13.8 Å². The van der Waals surface area contributed by atoms with Gasteiger partial charge in [0.2, 0.25) is 0 Å². The molecule has 0 spiro atoms. The predicted molar refractivity (Wildman–Crippen MR) is 43.0 cm³/mol. The second kappa shape index (κ2) is 4.70. The van der Waals surface area contributed by atoms with Crippen LogP contribution in [0, 0.1) is 5.92 Å². The molecule has 0 aliphatic carbocycles. The zero-order chi connectivity index (χ0) is 9.78. The molecule has 0 bridgehead atoms. The molecular weight excluding hydrogens is 167 g/mol. The molecule has 74 valence electrons. The lowest BCUT2D eigenvalue weighted by Crippen LogP contribution is -2.24. The highest BCUT2D eigenvalue weighted by atomic mass is 19.4. The summed E-state index contributed by atoms with van der Waals surface area (Å²) in [5.74, 6) is -1.12. The van der Waals surface area contributed by atoms with Crippen molar-refractivity contribution in [2.24, 2.45) is 5.92 Å². The third-order valence-electron chi connectivity index (χ3n) is 1.81. The molecule has 1 rings (SSSR count). The number of hydrogen-bond donors (Lipinski definition) is 1. The summed E-state index contributed by atoms with van der Waals surface area (Å²) in [5.41, 5.74) is 0. The van der Waals surface area contributed by atoms with Crippen LogP contribution in [0.4, 0.5) is 13.2 Å². The molecule has 0 aromatic heterocycles. The monoisotopic (exact) mass is 183 g/mol. The van der Waals surface area contributed by atoms with Gasteiger partial charge in [-0.2, -0.15) is 13.2 Å². The van der Waals surface area contributed by atoms with Gasteiger partial charge in [-0.15, -0.1) is 0 Å². The van der Waals surface area contributed by atoms with Crippen LogP contribution in [-0.2, 0) is 0 Å². The van der Waals surface area contributed by atoms with E-state index in [0.29, 0.717) is 0 Å². The summed E-state index contributed by atoms with van der Waals surface area (Å²) in [4.78, 5) is 0. The maximum atomic E-state index is 11.9. The van der Waals surface area contributed by atoms with Crippen LogP contribution < -0.4 is 5.32 Å². The van der Waals surface area contributed by atoms with Crippen LogP contribution in [-0.4, -0.2) is 18.8 Å². The van der Waals surface area contributed by atoms with E-state index in [2.05, 4.69) is 5.32 Å². The first kappa shape index (κ1) is 11.8. The number of halogens is 3. The van der Waals surface area contributed by atoms with Crippen molar-refractivity contribution in [1.82, 2.24) is 5.32 Å². The van der Waals surface area contributed by atoms with Crippen LogP contribution in [0.2, 0.25) is 0 Å². The Morgan fingerprint density at radius 3 is 1.92 bits per heavy atom. The van der Waals surface area contributed by atoms with Crippen LogP contribution in [0.5, 0.6) is 0 Å². The van der Waals surface area contributed by atoms with Crippen LogP contribution >= 0.6 is 0 Å². The van der Waals surface area contributed by atoms with E-state index in [1.165, 1.54) is 0 Å². The minimum atomic E-state index is -4.00. The fourth-order valence-corrected chi connectivity index (χ4v) is 1.19. The van der Waals surface area contributed by atoms with Crippen LogP contribution in [0.3, 0.4) is 0 Å². The second-order valence-corrected chi connectivity index (χ2v) is 2.78. The van der Waals surface area contributed by atoms with Crippen molar-refractivity contribution >= 4 is 0 Å². The lowest BCUT2D eigenvalue weighted by Gasteiger charge is -2.12. The van der Waals surface area contributed by atoms with Gasteiger partial charge in [0.05, 0.1) is 5.92 Å². The lowest BCUT2D eigenvalue weighted by molar-refractivity contribution is -0.169. The summed E-state index contributed by atoms with van der Waals surface area (Å²) in [7, 11) is 0. The van der Waals surface area contributed by atoms with Gasteiger partial charge in [-0.3, -0.25) is 0 Å². The average molecular weight is 183 g/mol. The van der Waals surface area contributed by atoms with E-state index in [0.717, 1.165) is 0 Å². The topological polar surface area (TPSA) is 12.0 Å². The molecule has 0 aromatic carbocycles. The van der Waals surface area contributed by atoms with Crippen molar-refractivity contribution in [3.63, 3.8) is 0 Å². The Morgan fingerprint density at radius 2 is 1.75 bits per heavy atom. The fourth-order valence-electron chi connectivity index (χ4n) is 1.19. The molecule has 1 fully saturated rings. The zero-order valence-corrected chi connectivity index (χ0v) is 7.70. The van der Waals surface area contributed by atoms with Crippen molar-refractivity contribution in [3.05, 3.63) is 0 Å². The van der Waals surface area contributed by atoms with Gasteiger partial charge >= 0.3 is 6.18 Å². The minimum Gasteiger partial charge on any atom is -0.314 e. The van der Waals surface area contributed by atoms with Crippen LogP contribution in [0.1, 0.15) is 27.2 Å². The van der Waals surface area contributed by atoms with Gasteiger partial charge < -0.3 is 5.32 Å². The van der Waals surface area contributed by atoms with E-state index >= 15 is 0 Å². The third kappa shape index (κ3) is 3.43. The summed E-state index contributed by atoms with van der Waals surface area (Å²) in [6, 6.07) is 0.0200. The first-order valence-corrected chi connectivity index (χ1v) is 4.30. The first-order chi connectivity index (χ1) is 5.50. The highest BCUT2D eigenvalue weighted by Gasteiger charge is 2.42. The molecule has 0 amide bonds. The summed E-state index contributed by atoms with van der Waals surface area (Å²) in [6.07, 6.45) is -3.78. The van der Waals surface area contributed by atoms with Crippen LogP contribution in [0.15, 0.2) is 0 Å². The van der Waals surface area contributed by atoms with Gasteiger partial charge in [0, 0.05) is 12.6 Å². The molecule has 2 unspecified atom stereocenters. The van der Waals surface area contributed by atoms with Gasteiger partial charge in [-0.05, 0) is 13.3 Å². The summed E-state index contributed by atoms with van der Waals surface area (Å²) in [5, 5.41) is 2.76. The predicted octanol–water partition coefficient (Wildman–Crippen LogP) is 2.57. The SMILES string of the molecule is CC.CC1CC(C(F)(F)F)CN1. The van der Waals surface area contributed by atoms with Crippen molar-refractivity contribution in [2.75, 3.05) is 6.54 Å². The molecule has 0 aromatic rings. The number of hydrogen-bond acceptors (Lipinski definition) is 1. The highest BCUT2D eigenvalue weighted by molar-refractivity contribution is 4.82. The Bertz CT molecular complexity index is 122. The van der Waals surface area contributed by atoms with Crippen molar-refractivity contribution in [1.29, 1.82) is 0 Å². The van der Waals surface area contributed by atoms with Crippen LogP contribution in [0.25, 0.3) is 0 Å². The Morgan fingerprint density at radius 1 is 1.25 bits per heavy atom. The van der Waals surface area contributed by atoms with Gasteiger partial charge in [0.15, 0.2) is 0 Å². The largest absolute Gasteiger partial charge is 0.393 e. The van der Waals surface area contributed by atoms with Crippen molar-refractivity contribution in [3.8, 4) is 0 Å². The average Bonchev–Trinajstić information content (AvgIpc) is 2.39. The molecule has 1 aliphatic rings. The Hall–Kier alpha value is -0.250. The number of rotatable bonds is 0. The van der Waals surface area contributed by atoms with E-state index in [1.54, 1.807) is 6.92 Å². The molecule has 2 atom stereocenters. The number of alkyl halides is 3. The van der Waals surface area contributed by atoms with Gasteiger partial charge in [-0.25, -0.2) is 0 Å². The van der Waals surface area contributed by atoms with Crippen molar-refractivity contribution in [2.45, 2.75) is 39.4 Å². The van der Waals surface area contributed by atoms with E-state index < -0.39 is 12.1 Å². The molecule has 1 aliphatic heterocycles.